The maximum atomic E-state index is 12.8. The first-order valence-corrected chi connectivity index (χ1v) is 8.05. The molecule has 1 aliphatic heterocycles. The number of hydrogen-bond donors (Lipinski definition) is 1. The summed E-state index contributed by atoms with van der Waals surface area (Å²) in [4.78, 5) is 21.3. The maximum absolute atomic E-state index is 12.8. The van der Waals surface area contributed by atoms with Gasteiger partial charge in [0.2, 0.25) is 5.88 Å². The summed E-state index contributed by atoms with van der Waals surface area (Å²) in [5, 5.41) is 3.12. The summed E-state index contributed by atoms with van der Waals surface area (Å²) >= 11 is 0. The Morgan fingerprint density at radius 2 is 2.17 bits per heavy atom. The van der Waals surface area contributed by atoms with Crippen molar-refractivity contribution in [2.45, 2.75) is 18.9 Å². The van der Waals surface area contributed by atoms with Gasteiger partial charge < -0.3 is 19.4 Å². The molecule has 7 nitrogen and oxygen atoms in total. The highest BCUT2D eigenvalue weighted by molar-refractivity contribution is 5.96. The number of carbonyl (C=O) groups excluding carboxylic acids is 1. The Hall–Kier alpha value is -2.41. The Balaban J connectivity index is 1.86. The minimum atomic E-state index is -0.209. The quantitative estimate of drug-likeness (QED) is 0.903. The van der Waals surface area contributed by atoms with E-state index in [0.29, 0.717) is 24.7 Å². The Kier molecular flexibility index (Phi) is 5.10. The van der Waals surface area contributed by atoms with Crippen molar-refractivity contribution in [1.82, 2.24) is 19.9 Å². The van der Waals surface area contributed by atoms with Crippen LogP contribution in [0.2, 0.25) is 0 Å². The molecule has 0 unspecified atom stereocenters. The van der Waals surface area contributed by atoms with Crippen LogP contribution in [0.4, 0.5) is 0 Å². The molecule has 1 atom stereocenters. The SMILES string of the molecule is COc1ncccc1C(=O)N[C@H](c1nccn1C)C1CCOCC1. The van der Waals surface area contributed by atoms with Gasteiger partial charge in [-0.05, 0) is 30.9 Å². The zero-order valence-electron chi connectivity index (χ0n) is 13.9. The predicted molar refractivity (Wildman–Crippen MR) is 87.7 cm³/mol. The molecule has 0 radical (unpaired) electrons. The number of aromatic nitrogens is 3. The molecule has 7 heteroatoms. The van der Waals surface area contributed by atoms with E-state index in [9.17, 15) is 4.79 Å². The van der Waals surface area contributed by atoms with Gasteiger partial charge in [0, 0.05) is 38.9 Å². The van der Waals surface area contributed by atoms with Crippen LogP contribution in [0.3, 0.4) is 0 Å². The predicted octanol–water partition coefficient (Wildman–Crippen LogP) is 1.72. The molecule has 1 N–H and O–H groups in total. The molecule has 0 bridgehead atoms. The largest absolute Gasteiger partial charge is 0.480 e. The second kappa shape index (κ2) is 7.44. The third-order valence-electron chi connectivity index (χ3n) is 4.37. The number of pyridine rings is 1. The zero-order chi connectivity index (χ0) is 16.9. The number of methoxy groups -OCH3 is 1. The normalized spacial score (nSPS) is 16.6. The van der Waals surface area contributed by atoms with Crippen LogP contribution >= 0.6 is 0 Å². The topological polar surface area (TPSA) is 78.3 Å². The first-order chi connectivity index (χ1) is 11.7. The van der Waals surface area contributed by atoms with Crippen LogP contribution in [0, 0.1) is 5.92 Å². The third-order valence-corrected chi connectivity index (χ3v) is 4.37. The monoisotopic (exact) mass is 330 g/mol. The molecule has 1 saturated heterocycles. The minimum Gasteiger partial charge on any atom is -0.480 e. The number of rotatable bonds is 5. The second-order valence-corrected chi connectivity index (χ2v) is 5.86. The average molecular weight is 330 g/mol. The number of imidazole rings is 1. The molecule has 0 aliphatic carbocycles. The average Bonchev–Trinajstić information content (AvgIpc) is 3.06. The summed E-state index contributed by atoms with van der Waals surface area (Å²) in [7, 11) is 3.44. The Labute approximate surface area is 141 Å². The van der Waals surface area contributed by atoms with Gasteiger partial charge in [-0.3, -0.25) is 4.79 Å². The Morgan fingerprint density at radius 3 is 2.83 bits per heavy atom. The Morgan fingerprint density at radius 1 is 1.38 bits per heavy atom. The lowest BCUT2D eigenvalue weighted by molar-refractivity contribution is 0.0498. The zero-order valence-corrected chi connectivity index (χ0v) is 13.9. The van der Waals surface area contributed by atoms with Crippen LogP contribution in [-0.4, -0.2) is 40.8 Å². The smallest absolute Gasteiger partial charge is 0.257 e. The van der Waals surface area contributed by atoms with E-state index in [2.05, 4.69) is 15.3 Å². The van der Waals surface area contributed by atoms with Gasteiger partial charge in [0.05, 0.1) is 13.2 Å². The molecule has 0 saturated carbocycles. The standard InChI is InChI=1S/C17H22N4O3/c1-21-9-8-18-15(21)14(12-5-10-24-11-6-12)20-16(22)13-4-3-7-19-17(13)23-2/h3-4,7-9,12,14H,5-6,10-11H2,1-2H3,(H,20,22)/t14-/m0/s1. The summed E-state index contributed by atoms with van der Waals surface area (Å²) in [5.41, 5.74) is 0.422. The van der Waals surface area contributed by atoms with Gasteiger partial charge >= 0.3 is 0 Å². The van der Waals surface area contributed by atoms with E-state index in [1.54, 1.807) is 24.5 Å². The van der Waals surface area contributed by atoms with Gasteiger partial charge in [0.15, 0.2) is 0 Å². The van der Waals surface area contributed by atoms with Crippen LogP contribution in [0.15, 0.2) is 30.7 Å². The van der Waals surface area contributed by atoms with E-state index in [-0.39, 0.29) is 17.9 Å². The van der Waals surface area contributed by atoms with E-state index in [0.717, 1.165) is 18.7 Å². The van der Waals surface area contributed by atoms with Crippen molar-refractivity contribution in [1.29, 1.82) is 0 Å². The van der Waals surface area contributed by atoms with E-state index >= 15 is 0 Å². The molecule has 1 fully saturated rings. The highest BCUT2D eigenvalue weighted by Gasteiger charge is 2.30. The summed E-state index contributed by atoms with van der Waals surface area (Å²) in [6.07, 6.45) is 7.02. The molecule has 2 aromatic heterocycles. The van der Waals surface area contributed by atoms with Gasteiger partial charge in [-0.2, -0.15) is 0 Å². The number of nitrogens with one attached hydrogen (secondary N) is 1. The molecule has 128 valence electrons. The molecular formula is C17H22N4O3. The molecule has 1 amide bonds. The lowest BCUT2D eigenvalue weighted by Crippen LogP contribution is -2.37. The molecular weight excluding hydrogens is 308 g/mol. The fraction of sp³-hybridized carbons (Fsp3) is 0.471. The van der Waals surface area contributed by atoms with Crippen molar-refractivity contribution in [3.8, 4) is 5.88 Å². The van der Waals surface area contributed by atoms with Crippen LogP contribution in [0.1, 0.15) is 35.1 Å². The molecule has 2 aromatic rings. The van der Waals surface area contributed by atoms with Crippen molar-refractivity contribution >= 4 is 5.91 Å². The molecule has 1 aliphatic rings. The van der Waals surface area contributed by atoms with Gasteiger partial charge in [0.1, 0.15) is 11.4 Å². The Bertz CT molecular complexity index is 695. The van der Waals surface area contributed by atoms with Crippen molar-refractivity contribution in [2.24, 2.45) is 13.0 Å². The fourth-order valence-electron chi connectivity index (χ4n) is 3.06. The van der Waals surface area contributed by atoms with E-state index in [1.165, 1.54) is 7.11 Å². The van der Waals surface area contributed by atoms with Crippen LogP contribution < -0.4 is 10.1 Å². The number of amides is 1. The first kappa shape index (κ1) is 16.4. The summed E-state index contributed by atoms with van der Waals surface area (Å²) in [6.45, 7) is 1.41. The third kappa shape index (κ3) is 3.41. The van der Waals surface area contributed by atoms with Crippen molar-refractivity contribution < 1.29 is 14.3 Å². The summed E-state index contributed by atoms with van der Waals surface area (Å²) in [6, 6.07) is 3.26. The van der Waals surface area contributed by atoms with Crippen molar-refractivity contribution in [3.05, 3.63) is 42.1 Å². The number of aryl methyl sites for hydroxylation is 1. The number of hydrogen-bond acceptors (Lipinski definition) is 5. The first-order valence-electron chi connectivity index (χ1n) is 8.05. The van der Waals surface area contributed by atoms with E-state index in [4.69, 9.17) is 9.47 Å². The van der Waals surface area contributed by atoms with Crippen molar-refractivity contribution in [3.63, 3.8) is 0 Å². The highest BCUT2D eigenvalue weighted by Crippen LogP contribution is 2.29. The highest BCUT2D eigenvalue weighted by atomic mass is 16.5. The fourth-order valence-corrected chi connectivity index (χ4v) is 3.06. The molecule has 24 heavy (non-hydrogen) atoms. The van der Waals surface area contributed by atoms with E-state index < -0.39 is 0 Å². The van der Waals surface area contributed by atoms with Crippen LogP contribution in [0.5, 0.6) is 5.88 Å². The van der Waals surface area contributed by atoms with Gasteiger partial charge in [-0.1, -0.05) is 0 Å². The summed E-state index contributed by atoms with van der Waals surface area (Å²) in [5.74, 6) is 1.24. The number of carbonyl (C=O) groups is 1. The maximum Gasteiger partial charge on any atom is 0.257 e. The lowest BCUT2D eigenvalue weighted by Gasteiger charge is -2.30. The van der Waals surface area contributed by atoms with Gasteiger partial charge in [-0.15, -0.1) is 0 Å². The molecule has 3 heterocycles. The second-order valence-electron chi connectivity index (χ2n) is 5.86. The minimum absolute atomic E-state index is 0.175. The van der Waals surface area contributed by atoms with Crippen molar-refractivity contribution in [2.75, 3.05) is 20.3 Å². The number of nitrogens with zero attached hydrogens (tertiary/aromatic N) is 3. The van der Waals surface area contributed by atoms with Crippen LogP contribution in [-0.2, 0) is 11.8 Å². The lowest BCUT2D eigenvalue weighted by atomic mass is 9.91. The molecule has 0 spiro atoms. The van der Waals surface area contributed by atoms with Gasteiger partial charge in [0.25, 0.3) is 5.91 Å². The van der Waals surface area contributed by atoms with Crippen LogP contribution in [0.25, 0.3) is 0 Å². The molecule has 3 rings (SSSR count). The van der Waals surface area contributed by atoms with Gasteiger partial charge in [-0.25, -0.2) is 9.97 Å². The number of ether oxygens (including phenoxy) is 2. The molecule has 0 aromatic carbocycles. The summed E-state index contributed by atoms with van der Waals surface area (Å²) < 4.78 is 12.6. The van der Waals surface area contributed by atoms with E-state index in [1.807, 2.05) is 17.8 Å².